The standard InChI is InChI=1S/C9H10.C7H7I.C2H6/c1-2-4-8(5-3-1)9-6-7-9;1-6-2-4-7(8)5-3-6;1-2/h1-5,9H,6-7H2;2-5H,1H3;1-2H3. The first kappa shape index (κ1) is 16.2. The summed E-state index contributed by atoms with van der Waals surface area (Å²) in [7, 11) is 0. The Hall–Kier alpha value is -0.830. The van der Waals surface area contributed by atoms with Crippen LogP contribution in [0.3, 0.4) is 0 Å². The van der Waals surface area contributed by atoms with Crippen LogP contribution in [0.15, 0.2) is 54.6 Å². The molecular formula is C18H23I. The third kappa shape index (κ3) is 6.76. The number of aryl methyl sites for hydroxylation is 1. The Balaban J connectivity index is 0.000000170. The quantitative estimate of drug-likeness (QED) is 0.528. The van der Waals surface area contributed by atoms with Crippen molar-refractivity contribution in [1.82, 2.24) is 0 Å². The Bertz CT molecular complexity index is 420. The molecule has 1 aliphatic carbocycles. The van der Waals surface area contributed by atoms with Gasteiger partial charge >= 0.3 is 0 Å². The Morgan fingerprint density at radius 1 is 0.842 bits per heavy atom. The van der Waals surface area contributed by atoms with E-state index in [1.165, 1.54) is 27.5 Å². The lowest BCUT2D eigenvalue weighted by Crippen LogP contribution is -1.73. The maximum absolute atomic E-state index is 2.30. The van der Waals surface area contributed by atoms with Crippen LogP contribution in [-0.4, -0.2) is 0 Å². The highest BCUT2D eigenvalue weighted by molar-refractivity contribution is 14.1. The molecule has 0 aliphatic heterocycles. The van der Waals surface area contributed by atoms with Gasteiger partial charge in [0.25, 0.3) is 0 Å². The second kappa shape index (κ2) is 9.13. The van der Waals surface area contributed by atoms with Gasteiger partial charge < -0.3 is 0 Å². The molecule has 1 aliphatic rings. The molecule has 0 nitrogen and oxygen atoms in total. The monoisotopic (exact) mass is 366 g/mol. The molecule has 1 saturated carbocycles. The molecule has 19 heavy (non-hydrogen) atoms. The van der Waals surface area contributed by atoms with Gasteiger partial charge in [-0.15, -0.1) is 0 Å². The fraction of sp³-hybridized carbons (Fsp3) is 0.333. The van der Waals surface area contributed by atoms with Crippen LogP contribution >= 0.6 is 22.6 Å². The van der Waals surface area contributed by atoms with E-state index in [-0.39, 0.29) is 0 Å². The summed E-state index contributed by atoms with van der Waals surface area (Å²) >= 11 is 2.30. The number of hydrogen-bond acceptors (Lipinski definition) is 0. The molecule has 1 heteroatoms. The van der Waals surface area contributed by atoms with E-state index < -0.39 is 0 Å². The van der Waals surface area contributed by atoms with Crippen molar-refractivity contribution in [3.63, 3.8) is 0 Å². The van der Waals surface area contributed by atoms with Crippen molar-refractivity contribution >= 4 is 22.6 Å². The highest BCUT2D eigenvalue weighted by atomic mass is 127. The second-order valence-electron chi connectivity index (χ2n) is 4.48. The summed E-state index contributed by atoms with van der Waals surface area (Å²) in [6.07, 6.45) is 2.81. The summed E-state index contributed by atoms with van der Waals surface area (Å²) in [6, 6.07) is 19.2. The normalized spacial score (nSPS) is 12.6. The van der Waals surface area contributed by atoms with Crippen LogP contribution in [-0.2, 0) is 0 Å². The molecule has 0 heterocycles. The SMILES string of the molecule is CC.Cc1ccc(I)cc1.c1ccc(C2CC2)cc1. The third-order valence-corrected chi connectivity index (χ3v) is 3.58. The number of halogens is 1. The van der Waals surface area contributed by atoms with Gasteiger partial charge in [0.15, 0.2) is 0 Å². The van der Waals surface area contributed by atoms with Crippen LogP contribution < -0.4 is 0 Å². The summed E-state index contributed by atoms with van der Waals surface area (Å²) in [5, 5.41) is 0. The van der Waals surface area contributed by atoms with Crippen LogP contribution in [0.1, 0.15) is 43.7 Å². The van der Waals surface area contributed by atoms with E-state index in [0.29, 0.717) is 0 Å². The highest BCUT2D eigenvalue weighted by Crippen LogP contribution is 2.39. The molecule has 0 amide bonds. The van der Waals surface area contributed by atoms with E-state index in [9.17, 15) is 0 Å². The minimum absolute atomic E-state index is 0.909. The summed E-state index contributed by atoms with van der Waals surface area (Å²) < 4.78 is 1.30. The van der Waals surface area contributed by atoms with Gasteiger partial charge in [-0.1, -0.05) is 61.9 Å². The molecule has 102 valence electrons. The number of benzene rings is 2. The minimum atomic E-state index is 0.909. The molecule has 1 fully saturated rings. The summed E-state index contributed by atoms with van der Waals surface area (Å²) in [4.78, 5) is 0. The third-order valence-electron chi connectivity index (χ3n) is 2.86. The Morgan fingerprint density at radius 2 is 1.37 bits per heavy atom. The molecule has 0 N–H and O–H groups in total. The molecule has 0 unspecified atom stereocenters. The first-order valence-corrected chi connectivity index (χ1v) is 8.10. The molecule has 0 saturated heterocycles. The zero-order valence-electron chi connectivity index (χ0n) is 12.1. The van der Waals surface area contributed by atoms with Gasteiger partial charge in [0.1, 0.15) is 0 Å². The first-order chi connectivity index (χ1) is 9.25. The molecule has 0 radical (unpaired) electrons. The van der Waals surface area contributed by atoms with Gasteiger partial charge in [-0.25, -0.2) is 0 Å². The van der Waals surface area contributed by atoms with Crippen LogP contribution in [0.5, 0.6) is 0 Å². The van der Waals surface area contributed by atoms with Crippen LogP contribution in [0, 0.1) is 10.5 Å². The summed E-state index contributed by atoms with van der Waals surface area (Å²) in [5.41, 5.74) is 2.85. The van der Waals surface area contributed by atoms with E-state index >= 15 is 0 Å². The highest BCUT2D eigenvalue weighted by Gasteiger charge is 2.22. The molecule has 0 atom stereocenters. The van der Waals surface area contributed by atoms with Crippen molar-refractivity contribution in [2.75, 3.05) is 0 Å². The van der Waals surface area contributed by atoms with Crippen molar-refractivity contribution in [3.05, 3.63) is 69.3 Å². The van der Waals surface area contributed by atoms with Crippen molar-refractivity contribution < 1.29 is 0 Å². The smallest absolute Gasteiger partial charge is 0.0130 e. The van der Waals surface area contributed by atoms with Crippen molar-refractivity contribution in [1.29, 1.82) is 0 Å². The summed E-state index contributed by atoms with van der Waals surface area (Å²) in [5.74, 6) is 0.909. The molecule has 2 aromatic rings. The lowest BCUT2D eigenvalue weighted by molar-refractivity contribution is 1.13. The zero-order valence-corrected chi connectivity index (χ0v) is 14.2. The minimum Gasteiger partial charge on any atom is -0.0683 e. The largest absolute Gasteiger partial charge is 0.0683 e. The number of rotatable bonds is 1. The van der Waals surface area contributed by atoms with E-state index in [1.807, 2.05) is 13.8 Å². The molecule has 0 bridgehead atoms. The van der Waals surface area contributed by atoms with E-state index in [0.717, 1.165) is 5.92 Å². The van der Waals surface area contributed by atoms with Gasteiger partial charge in [-0.05, 0) is 66.0 Å². The molecular weight excluding hydrogens is 343 g/mol. The van der Waals surface area contributed by atoms with Crippen LogP contribution in [0.4, 0.5) is 0 Å². The van der Waals surface area contributed by atoms with E-state index in [2.05, 4.69) is 84.1 Å². The molecule has 0 spiro atoms. The van der Waals surface area contributed by atoms with Crippen LogP contribution in [0.2, 0.25) is 0 Å². The van der Waals surface area contributed by atoms with Crippen molar-refractivity contribution in [2.24, 2.45) is 0 Å². The maximum atomic E-state index is 2.30. The fourth-order valence-electron chi connectivity index (χ4n) is 1.68. The van der Waals surface area contributed by atoms with Gasteiger partial charge in [-0.3, -0.25) is 0 Å². The van der Waals surface area contributed by atoms with Crippen LogP contribution in [0.25, 0.3) is 0 Å². The molecule has 0 aromatic heterocycles. The zero-order chi connectivity index (χ0) is 14.1. The predicted molar refractivity (Wildman–Crippen MR) is 93.7 cm³/mol. The second-order valence-corrected chi connectivity index (χ2v) is 5.73. The summed E-state index contributed by atoms with van der Waals surface area (Å²) in [6.45, 7) is 6.09. The predicted octanol–water partition coefficient (Wildman–Crippen LogP) is 6.19. The number of hydrogen-bond donors (Lipinski definition) is 0. The fourth-order valence-corrected chi connectivity index (χ4v) is 2.03. The van der Waals surface area contributed by atoms with Gasteiger partial charge in [0.05, 0.1) is 0 Å². The van der Waals surface area contributed by atoms with Crippen molar-refractivity contribution in [3.8, 4) is 0 Å². The topological polar surface area (TPSA) is 0 Å². The lowest BCUT2D eigenvalue weighted by Gasteiger charge is -1.92. The Labute approximate surface area is 131 Å². The van der Waals surface area contributed by atoms with Gasteiger partial charge in [-0.2, -0.15) is 0 Å². The maximum Gasteiger partial charge on any atom is 0.0130 e. The molecule has 2 aromatic carbocycles. The van der Waals surface area contributed by atoms with Gasteiger partial charge in [0, 0.05) is 3.57 Å². The average Bonchev–Trinajstić information content (AvgIpc) is 3.31. The molecule has 3 rings (SSSR count). The Kier molecular flexibility index (Phi) is 7.80. The lowest BCUT2D eigenvalue weighted by atomic mass is 10.1. The van der Waals surface area contributed by atoms with Crippen molar-refractivity contribution in [2.45, 2.75) is 39.5 Å². The Morgan fingerprint density at radius 3 is 1.79 bits per heavy atom. The van der Waals surface area contributed by atoms with E-state index in [4.69, 9.17) is 0 Å². The average molecular weight is 366 g/mol. The van der Waals surface area contributed by atoms with Gasteiger partial charge in [0.2, 0.25) is 0 Å². The van der Waals surface area contributed by atoms with E-state index in [1.54, 1.807) is 0 Å². The first-order valence-electron chi connectivity index (χ1n) is 7.03.